The van der Waals surface area contributed by atoms with Crippen LogP contribution in [0, 0.1) is 11.8 Å². The average molecular weight is 656 g/mol. The van der Waals surface area contributed by atoms with E-state index in [9.17, 15) is 33.9 Å². The van der Waals surface area contributed by atoms with Crippen LogP contribution in [0.3, 0.4) is 0 Å². The average Bonchev–Trinajstić information content (AvgIpc) is 3.04. The van der Waals surface area contributed by atoms with Gasteiger partial charge in [0.05, 0.1) is 6.04 Å². The number of urea groups is 1. The molecule has 3 atom stereocenters. The van der Waals surface area contributed by atoms with Crippen LogP contribution in [-0.4, -0.2) is 82.3 Å². The van der Waals surface area contributed by atoms with E-state index in [0.717, 1.165) is 29.2 Å². The topological polar surface area (TPSA) is 237 Å². The van der Waals surface area contributed by atoms with Crippen LogP contribution in [0.4, 0.5) is 4.79 Å². The third kappa shape index (κ3) is 12.2. The fourth-order valence-electron chi connectivity index (χ4n) is 5.78. The van der Waals surface area contributed by atoms with Crippen molar-refractivity contribution in [2.75, 3.05) is 13.1 Å². The summed E-state index contributed by atoms with van der Waals surface area (Å²) in [6, 6.07) is 9.51. The van der Waals surface area contributed by atoms with Crippen LogP contribution in [0.25, 0.3) is 10.8 Å². The maximum Gasteiger partial charge on any atom is 0.326 e. The SMILES string of the molecule is NC(Cc1cccc2ccccc12)C(=O)NCC1CCC(C(=O)NCCCC[C@H](NC(=O)N[C@@H](CCC(=O)O)C(=O)O)C(=O)O)CC1. The van der Waals surface area contributed by atoms with Gasteiger partial charge in [-0.05, 0) is 80.0 Å². The molecule has 4 amide bonds. The van der Waals surface area contributed by atoms with Gasteiger partial charge in [0.25, 0.3) is 0 Å². The monoisotopic (exact) mass is 655 g/mol. The quantitative estimate of drug-likeness (QED) is 0.109. The number of hydrogen-bond acceptors (Lipinski definition) is 7. The number of carbonyl (C=O) groups is 6. The number of carboxylic acid groups (broad SMARTS) is 3. The highest BCUT2D eigenvalue weighted by molar-refractivity contribution is 5.88. The third-order valence-corrected chi connectivity index (χ3v) is 8.51. The van der Waals surface area contributed by atoms with Crippen molar-refractivity contribution in [3.63, 3.8) is 0 Å². The molecule has 1 saturated carbocycles. The van der Waals surface area contributed by atoms with E-state index in [0.29, 0.717) is 45.2 Å². The predicted octanol–water partition coefficient (Wildman–Crippen LogP) is 1.99. The van der Waals surface area contributed by atoms with E-state index in [1.165, 1.54) is 0 Å². The standard InChI is InChI=1S/C33H45N5O9/c34-25(18-23-8-5-7-21-6-1-2-9-24(21)23)30(42)36-19-20-11-13-22(14-12-20)29(41)35-17-4-3-10-26(31(43)44)37-33(47)38-27(32(45)46)15-16-28(39)40/h1-2,5-9,20,22,25-27H,3-4,10-19,34H2,(H,35,41)(H,36,42)(H,39,40)(H,43,44)(H,45,46)(H2,37,38,47)/t20?,22?,25?,26-,27-/m0/s1. The van der Waals surface area contributed by atoms with E-state index in [4.69, 9.17) is 15.9 Å². The number of carboxylic acids is 3. The molecular weight excluding hydrogens is 610 g/mol. The van der Waals surface area contributed by atoms with Gasteiger partial charge in [-0.15, -0.1) is 0 Å². The first-order chi connectivity index (χ1) is 22.4. The van der Waals surface area contributed by atoms with E-state index in [-0.39, 0.29) is 36.5 Å². The Morgan fingerprint density at radius 2 is 1.43 bits per heavy atom. The van der Waals surface area contributed by atoms with Gasteiger partial charge in [0.15, 0.2) is 0 Å². The summed E-state index contributed by atoms with van der Waals surface area (Å²) >= 11 is 0. The van der Waals surface area contributed by atoms with Gasteiger partial charge >= 0.3 is 23.9 Å². The zero-order valence-corrected chi connectivity index (χ0v) is 26.3. The summed E-state index contributed by atoms with van der Waals surface area (Å²) in [6.07, 6.45) is 3.47. The van der Waals surface area contributed by atoms with Crippen molar-refractivity contribution in [2.24, 2.45) is 17.6 Å². The normalized spacial score (nSPS) is 17.9. The third-order valence-electron chi connectivity index (χ3n) is 8.51. The summed E-state index contributed by atoms with van der Waals surface area (Å²) in [7, 11) is 0. The summed E-state index contributed by atoms with van der Waals surface area (Å²) in [6.45, 7) is 0.838. The first-order valence-corrected chi connectivity index (χ1v) is 16.0. The van der Waals surface area contributed by atoms with Crippen LogP contribution >= 0.6 is 0 Å². The number of carbonyl (C=O) groups excluding carboxylic acids is 3. The molecule has 47 heavy (non-hydrogen) atoms. The number of benzene rings is 2. The highest BCUT2D eigenvalue weighted by Crippen LogP contribution is 2.28. The van der Waals surface area contributed by atoms with E-state index in [2.05, 4.69) is 21.3 Å². The lowest BCUT2D eigenvalue weighted by Crippen LogP contribution is -2.51. The first kappa shape index (κ1) is 36.7. The van der Waals surface area contributed by atoms with Crippen molar-refractivity contribution in [2.45, 2.75) is 82.3 Å². The molecule has 0 aromatic heterocycles. The van der Waals surface area contributed by atoms with Crippen LogP contribution < -0.4 is 27.0 Å². The molecule has 1 aliphatic rings. The molecule has 14 heteroatoms. The lowest BCUT2D eigenvalue weighted by molar-refractivity contribution is -0.141. The molecule has 0 bridgehead atoms. The number of nitrogens with one attached hydrogen (secondary N) is 4. The molecular formula is C33H45N5O9. The number of unbranched alkanes of at least 4 members (excludes halogenated alkanes) is 1. The van der Waals surface area contributed by atoms with Gasteiger partial charge in [0.1, 0.15) is 12.1 Å². The second kappa shape index (κ2) is 18.4. The molecule has 256 valence electrons. The first-order valence-electron chi connectivity index (χ1n) is 16.0. The highest BCUT2D eigenvalue weighted by atomic mass is 16.4. The van der Waals surface area contributed by atoms with E-state index in [1.807, 2.05) is 42.5 Å². The Morgan fingerprint density at radius 3 is 2.09 bits per heavy atom. The smallest absolute Gasteiger partial charge is 0.326 e. The molecule has 0 aliphatic heterocycles. The van der Waals surface area contributed by atoms with Crippen molar-refractivity contribution >= 4 is 46.5 Å². The molecule has 0 radical (unpaired) electrons. The van der Waals surface area contributed by atoms with E-state index >= 15 is 0 Å². The predicted molar refractivity (Wildman–Crippen MR) is 172 cm³/mol. The second-order valence-electron chi connectivity index (χ2n) is 12.0. The van der Waals surface area contributed by atoms with Crippen molar-refractivity contribution in [3.8, 4) is 0 Å². The highest BCUT2D eigenvalue weighted by Gasteiger charge is 2.28. The number of hydrogen-bond donors (Lipinski definition) is 8. The summed E-state index contributed by atoms with van der Waals surface area (Å²) in [5, 5.41) is 39.7. The number of aliphatic carboxylic acids is 3. The minimum Gasteiger partial charge on any atom is -0.481 e. The lowest BCUT2D eigenvalue weighted by Gasteiger charge is -2.28. The second-order valence-corrected chi connectivity index (χ2v) is 12.0. The largest absolute Gasteiger partial charge is 0.481 e. The minimum atomic E-state index is -1.48. The molecule has 0 spiro atoms. The van der Waals surface area contributed by atoms with Crippen molar-refractivity contribution in [1.82, 2.24) is 21.3 Å². The van der Waals surface area contributed by atoms with Gasteiger partial charge in [0.2, 0.25) is 11.8 Å². The maximum atomic E-state index is 12.7. The summed E-state index contributed by atoms with van der Waals surface area (Å²) in [4.78, 5) is 71.0. The van der Waals surface area contributed by atoms with Crippen molar-refractivity contribution < 1.29 is 44.1 Å². The Balaban J connectivity index is 1.30. The van der Waals surface area contributed by atoms with Crippen molar-refractivity contribution in [1.29, 1.82) is 0 Å². The van der Waals surface area contributed by atoms with Crippen LogP contribution in [0.1, 0.15) is 63.4 Å². The molecule has 3 rings (SSSR count). The van der Waals surface area contributed by atoms with Crippen LogP contribution in [-0.2, 0) is 30.4 Å². The summed E-state index contributed by atoms with van der Waals surface area (Å²) in [5.74, 6) is -4.11. The fourth-order valence-corrected chi connectivity index (χ4v) is 5.78. The van der Waals surface area contributed by atoms with Gasteiger partial charge in [0, 0.05) is 25.4 Å². The molecule has 1 fully saturated rings. The number of nitrogens with two attached hydrogens (primary N) is 1. The van der Waals surface area contributed by atoms with E-state index in [1.54, 1.807) is 0 Å². The molecule has 0 saturated heterocycles. The van der Waals surface area contributed by atoms with Gasteiger partial charge in [-0.25, -0.2) is 14.4 Å². The Morgan fingerprint density at radius 1 is 0.787 bits per heavy atom. The fraction of sp³-hybridized carbons (Fsp3) is 0.515. The van der Waals surface area contributed by atoms with Gasteiger partial charge in [-0.2, -0.15) is 0 Å². The van der Waals surface area contributed by atoms with Crippen LogP contribution in [0.2, 0.25) is 0 Å². The zero-order chi connectivity index (χ0) is 34.3. The number of amides is 4. The molecule has 2 aromatic rings. The van der Waals surface area contributed by atoms with Gasteiger partial charge in [-0.3, -0.25) is 14.4 Å². The Bertz CT molecular complexity index is 1400. The molecule has 0 heterocycles. The van der Waals surface area contributed by atoms with Crippen molar-refractivity contribution in [3.05, 3.63) is 48.0 Å². The molecule has 1 aliphatic carbocycles. The molecule has 1 unspecified atom stereocenters. The Hall–Kier alpha value is -4.72. The van der Waals surface area contributed by atoms with Crippen LogP contribution in [0.15, 0.2) is 42.5 Å². The van der Waals surface area contributed by atoms with Crippen LogP contribution in [0.5, 0.6) is 0 Å². The molecule has 2 aromatic carbocycles. The van der Waals surface area contributed by atoms with Gasteiger partial charge < -0.3 is 42.3 Å². The molecule has 9 N–H and O–H groups in total. The maximum absolute atomic E-state index is 12.7. The minimum absolute atomic E-state index is 0.0495. The number of fused-ring (bicyclic) bond motifs is 1. The summed E-state index contributed by atoms with van der Waals surface area (Å²) < 4.78 is 0. The lowest BCUT2D eigenvalue weighted by atomic mass is 9.81. The van der Waals surface area contributed by atoms with Gasteiger partial charge in [-0.1, -0.05) is 42.5 Å². The summed E-state index contributed by atoms with van der Waals surface area (Å²) in [5.41, 5.74) is 7.26. The molecule has 14 nitrogen and oxygen atoms in total. The number of rotatable bonds is 18. The Kier molecular flexibility index (Phi) is 14.4. The zero-order valence-electron chi connectivity index (χ0n) is 26.3. The Labute approximate surface area is 272 Å². The van der Waals surface area contributed by atoms with E-state index < -0.39 is 48.5 Å².